The molecule has 0 amide bonds. The van der Waals surface area contributed by atoms with Crippen molar-refractivity contribution in [3.8, 4) is 11.1 Å². The van der Waals surface area contributed by atoms with Gasteiger partial charge in [-0.2, -0.15) is 0 Å². The summed E-state index contributed by atoms with van der Waals surface area (Å²) in [6.07, 6.45) is 3.78. The van der Waals surface area contributed by atoms with Crippen LogP contribution in [0.5, 0.6) is 0 Å². The SMILES string of the molecule is CCn1cncc1CNc1ccc(-c2ccccc2)cc1. The Labute approximate surface area is 125 Å². The molecule has 3 nitrogen and oxygen atoms in total. The highest BCUT2D eigenvalue weighted by molar-refractivity contribution is 5.65. The van der Waals surface area contributed by atoms with E-state index < -0.39 is 0 Å². The van der Waals surface area contributed by atoms with Gasteiger partial charge in [-0.15, -0.1) is 0 Å². The first kappa shape index (κ1) is 13.4. The third kappa shape index (κ3) is 3.14. The van der Waals surface area contributed by atoms with E-state index in [1.165, 1.54) is 16.8 Å². The molecule has 0 radical (unpaired) electrons. The van der Waals surface area contributed by atoms with Crippen LogP contribution < -0.4 is 5.32 Å². The summed E-state index contributed by atoms with van der Waals surface area (Å²) in [6, 6.07) is 19.0. The second kappa shape index (κ2) is 6.27. The van der Waals surface area contributed by atoms with Gasteiger partial charge in [-0.3, -0.25) is 0 Å². The lowest BCUT2D eigenvalue weighted by molar-refractivity contribution is 0.719. The number of hydrogen-bond donors (Lipinski definition) is 1. The van der Waals surface area contributed by atoms with Gasteiger partial charge in [0, 0.05) is 18.4 Å². The molecule has 3 rings (SSSR count). The zero-order valence-electron chi connectivity index (χ0n) is 12.2. The lowest BCUT2D eigenvalue weighted by atomic mass is 10.1. The van der Waals surface area contributed by atoms with Crippen LogP contribution in [0.1, 0.15) is 12.6 Å². The predicted octanol–water partition coefficient (Wildman–Crippen LogP) is 4.18. The highest BCUT2D eigenvalue weighted by Gasteiger charge is 2.01. The Morgan fingerprint density at radius 2 is 1.67 bits per heavy atom. The van der Waals surface area contributed by atoms with Crippen LogP contribution in [0.15, 0.2) is 67.1 Å². The van der Waals surface area contributed by atoms with Crippen LogP contribution in [0.3, 0.4) is 0 Å². The minimum atomic E-state index is 0.790. The summed E-state index contributed by atoms with van der Waals surface area (Å²) in [5.74, 6) is 0. The molecule has 0 saturated carbocycles. The number of hydrogen-bond acceptors (Lipinski definition) is 2. The number of aryl methyl sites for hydroxylation is 1. The molecule has 0 spiro atoms. The minimum absolute atomic E-state index is 0.790. The zero-order chi connectivity index (χ0) is 14.5. The maximum atomic E-state index is 4.18. The van der Waals surface area contributed by atoms with E-state index in [0.29, 0.717) is 0 Å². The van der Waals surface area contributed by atoms with Crippen molar-refractivity contribution in [3.63, 3.8) is 0 Å². The Kier molecular flexibility index (Phi) is 4.01. The topological polar surface area (TPSA) is 29.9 Å². The van der Waals surface area contributed by atoms with Crippen molar-refractivity contribution in [1.82, 2.24) is 9.55 Å². The summed E-state index contributed by atoms with van der Waals surface area (Å²) in [4.78, 5) is 4.18. The lowest BCUT2D eigenvalue weighted by Gasteiger charge is -2.09. The molecule has 0 aliphatic rings. The number of anilines is 1. The molecule has 106 valence electrons. The van der Waals surface area contributed by atoms with Gasteiger partial charge >= 0.3 is 0 Å². The Bertz CT molecular complexity index is 684. The third-order valence-electron chi connectivity index (χ3n) is 3.60. The van der Waals surface area contributed by atoms with Crippen LogP contribution in [-0.4, -0.2) is 9.55 Å². The number of nitrogens with one attached hydrogen (secondary N) is 1. The van der Waals surface area contributed by atoms with Gasteiger partial charge in [-0.1, -0.05) is 42.5 Å². The van der Waals surface area contributed by atoms with Gasteiger partial charge in [0.1, 0.15) is 0 Å². The van der Waals surface area contributed by atoms with E-state index >= 15 is 0 Å². The molecule has 0 unspecified atom stereocenters. The largest absolute Gasteiger partial charge is 0.379 e. The molecule has 0 aliphatic heterocycles. The molecular weight excluding hydrogens is 258 g/mol. The summed E-state index contributed by atoms with van der Waals surface area (Å²) in [5, 5.41) is 3.44. The monoisotopic (exact) mass is 277 g/mol. The predicted molar refractivity (Wildman–Crippen MR) is 87.1 cm³/mol. The second-order valence-electron chi connectivity index (χ2n) is 4.97. The van der Waals surface area contributed by atoms with Crippen molar-refractivity contribution >= 4 is 5.69 Å². The van der Waals surface area contributed by atoms with Crippen molar-refractivity contribution in [3.05, 3.63) is 72.8 Å². The van der Waals surface area contributed by atoms with Gasteiger partial charge in [-0.05, 0) is 30.2 Å². The molecule has 21 heavy (non-hydrogen) atoms. The molecular formula is C18H19N3. The average molecular weight is 277 g/mol. The van der Waals surface area contributed by atoms with Crippen LogP contribution in [0, 0.1) is 0 Å². The van der Waals surface area contributed by atoms with E-state index in [9.17, 15) is 0 Å². The quantitative estimate of drug-likeness (QED) is 0.758. The molecule has 3 heteroatoms. The van der Waals surface area contributed by atoms with Crippen LogP contribution in [0.2, 0.25) is 0 Å². The molecule has 3 aromatic rings. The highest BCUT2D eigenvalue weighted by Crippen LogP contribution is 2.21. The number of benzene rings is 2. The molecule has 0 saturated heterocycles. The van der Waals surface area contributed by atoms with Gasteiger partial charge in [0.2, 0.25) is 0 Å². The Morgan fingerprint density at radius 3 is 2.38 bits per heavy atom. The second-order valence-corrected chi connectivity index (χ2v) is 4.97. The van der Waals surface area contributed by atoms with Crippen LogP contribution in [0.25, 0.3) is 11.1 Å². The number of nitrogens with zero attached hydrogens (tertiary/aromatic N) is 2. The Morgan fingerprint density at radius 1 is 0.952 bits per heavy atom. The molecule has 1 N–H and O–H groups in total. The normalized spacial score (nSPS) is 10.5. The van der Waals surface area contributed by atoms with E-state index in [4.69, 9.17) is 0 Å². The number of imidazole rings is 1. The fourth-order valence-corrected chi connectivity index (χ4v) is 2.38. The molecule has 0 fully saturated rings. The fraction of sp³-hybridized carbons (Fsp3) is 0.167. The van der Waals surface area contributed by atoms with Crippen LogP contribution >= 0.6 is 0 Å². The van der Waals surface area contributed by atoms with Gasteiger partial charge in [-0.25, -0.2) is 4.98 Å². The Hall–Kier alpha value is -2.55. The molecule has 1 heterocycles. The zero-order valence-corrected chi connectivity index (χ0v) is 12.2. The molecule has 2 aromatic carbocycles. The lowest BCUT2D eigenvalue weighted by Crippen LogP contribution is -2.05. The molecule has 0 aliphatic carbocycles. The summed E-state index contributed by atoms with van der Waals surface area (Å²) < 4.78 is 2.14. The Balaban J connectivity index is 1.68. The third-order valence-corrected chi connectivity index (χ3v) is 3.60. The standard InChI is InChI=1S/C18H19N3/c1-2-21-14-19-12-18(21)13-20-17-10-8-16(9-11-17)15-6-4-3-5-7-15/h3-12,14,20H,2,13H2,1H3. The average Bonchev–Trinajstić information content (AvgIpc) is 3.02. The summed E-state index contributed by atoms with van der Waals surface area (Å²) in [5.41, 5.74) is 4.80. The minimum Gasteiger partial charge on any atom is -0.379 e. The number of rotatable bonds is 5. The molecule has 0 bridgehead atoms. The summed E-state index contributed by atoms with van der Waals surface area (Å²) >= 11 is 0. The maximum absolute atomic E-state index is 4.18. The van der Waals surface area contributed by atoms with Crippen molar-refractivity contribution < 1.29 is 0 Å². The van der Waals surface area contributed by atoms with Crippen molar-refractivity contribution in [2.24, 2.45) is 0 Å². The van der Waals surface area contributed by atoms with Gasteiger partial charge in [0.25, 0.3) is 0 Å². The van der Waals surface area contributed by atoms with E-state index in [1.54, 1.807) is 0 Å². The van der Waals surface area contributed by atoms with E-state index in [2.05, 4.69) is 70.3 Å². The first-order valence-corrected chi connectivity index (χ1v) is 7.25. The van der Waals surface area contributed by atoms with Crippen LogP contribution in [0.4, 0.5) is 5.69 Å². The smallest absolute Gasteiger partial charge is 0.0948 e. The fourth-order valence-electron chi connectivity index (χ4n) is 2.38. The first-order chi connectivity index (χ1) is 10.4. The van der Waals surface area contributed by atoms with Crippen molar-refractivity contribution in [1.29, 1.82) is 0 Å². The van der Waals surface area contributed by atoms with E-state index in [1.807, 2.05) is 18.6 Å². The van der Waals surface area contributed by atoms with Crippen molar-refractivity contribution in [2.45, 2.75) is 20.0 Å². The molecule has 1 aromatic heterocycles. The van der Waals surface area contributed by atoms with Crippen molar-refractivity contribution in [2.75, 3.05) is 5.32 Å². The summed E-state index contributed by atoms with van der Waals surface area (Å²) in [6.45, 7) is 3.86. The summed E-state index contributed by atoms with van der Waals surface area (Å²) in [7, 11) is 0. The van der Waals surface area contributed by atoms with E-state index in [-0.39, 0.29) is 0 Å². The molecule has 0 atom stereocenters. The number of aromatic nitrogens is 2. The first-order valence-electron chi connectivity index (χ1n) is 7.25. The van der Waals surface area contributed by atoms with Gasteiger partial charge < -0.3 is 9.88 Å². The van der Waals surface area contributed by atoms with Gasteiger partial charge in [0.15, 0.2) is 0 Å². The van der Waals surface area contributed by atoms with Gasteiger partial charge in [0.05, 0.1) is 18.6 Å². The highest BCUT2D eigenvalue weighted by atomic mass is 15.1. The van der Waals surface area contributed by atoms with Crippen LogP contribution in [-0.2, 0) is 13.1 Å². The maximum Gasteiger partial charge on any atom is 0.0948 e. The van der Waals surface area contributed by atoms with E-state index in [0.717, 1.165) is 18.8 Å².